The van der Waals surface area contributed by atoms with Crippen LogP contribution < -0.4 is 9.47 Å². The highest BCUT2D eigenvalue weighted by Gasteiger charge is 2.32. The van der Waals surface area contributed by atoms with Crippen LogP contribution in [0.25, 0.3) is 5.57 Å². The van der Waals surface area contributed by atoms with Crippen molar-refractivity contribution in [2.24, 2.45) is 0 Å². The molecule has 0 spiro atoms. The van der Waals surface area contributed by atoms with E-state index in [0.717, 1.165) is 16.9 Å². The van der Waals surface area contributed by atoms with E-state index in [9.17, 15) is 13.5 Å². The van der Waals surface area contributed by atoms with Crippen molar-refractivity contribution in [1.29, 1.82) is 0 Å². The van der Waals surface area contributed by atoms with Gasteiger partial charge < -0.3 is 14.6 Å². The van der Waals surface area contributed by atoms with E-state index in [4.69, 9.17) is 9.47 Å². The maximum Gasteiger partial charge on any atom is 0.232 e. The van der Waals surface area contributed by atoms with Gasteiger partial charge in [-0.25, -0.2) is 8.42 Å². The first-order valence-corrected chi connectivity index (χ1v) is 9.89. The topological polar surface area (TPSA) is 76.1 Å². The molecule has 2 aromatic carbocycles. The van der Waals surface area contributed by atoms with Gasteiger partial charge in [0.1, 0.15) is 5.75 Å². The van der Waals surface area contributed by atoms with Crippen molar-refractivity contribution in [3.63, 3.8) is 0 Å². The lowest BCUT2D eigenvalue weighted by molar-refractivity contribution is 0.371. The number of phenolic OH excluding ortho intramolecular Hbond substituents is 1. The molecule has 0 bridgehead atoms. The van der Waals surface area contributed by atoms with Gasteiger partial charge in [0.2, 0.25) is 10.0 Å². The highest BCUT2D eigenvalue weighted by molar-refractivity contribution is 7.88. The predicted octanol–water partition coefficient (Wildman–Crippen LogP) is 3.16. The first kappa shape index (κ1) is 18.1. The molecular weight excluding hydrogens is 354 g/mol. The fourth-order valence-electron chi connectivity index (χ4n) is 3.10. The monoisotopic (exact) mass is 375 g/mol. The van der Waals surface area contributed by atoms with E-state index in [2.05, 4.69) is 0 Å². The van der Waals surface area contributed by atoms with Crippen LogP contribution in [0.5, 0.6) is 17.2 Å². The Morgan fingerprint density at radius 1 is 1.08 bits per heavy atom. The fourth-order valence-corrected chi connectivity index (χ4v) is 4.08. The second kappa shape index (κ2) is 6.92. The number of nitrogens with zero attached hydrogens (tertiary/aromatic N) is 1. The molecule has 1 heterocycles. The van der Waals surface area contributed by atoms with Gasteiger partial charge in [-0.3, -0.25) is 4.31 Å². The van der Waals surface area contributed by atoms with Crippen molar-refractivity contribution in [2.45, 2.75) is 12.5 Å². The quantitative estimate of drug-likeness (QED) is 0.869. The molecule has 0 fully saturated rings. The van der Waals surface area contributed by atoms with E-state index >= 15 is 0 Å². The predicted molar refractivity (Wildman–Crippen MR) is 99.7 cm³/mol. The maximum atomic E-state index is 12.3. The van der Waals surface area contributed by atoms with Crippen LogP contribution in [0.2, 0.25) is 0 Å². The average molecular weight is 375 g/mol. The second-order valence-electron chi connectivity index (χ2n) is 6.13. The lowest BCUT2D eigenvalue weighted by atomic mass is 9.98. The van der Waals surface area contributed by atoms with Crippen LogP contribution in [0.1, 0.15) is 23.6 Å². The highest BCUT2D eigenvalue weighted by Crippen LogP contribution is 2.42. The summed E-state index contributed by atoms with van der Waals surface area (Å²) < 4.78 is 36.1. The van der Waals surface area contributed by atoms with Crippen LogP contribution in [0.3, 0.4) is 0 Å². The SMILES string of the molecule is COc1ccc(C2=CN(S(C)(=O)=O)C(c3ccc(OC)c(O)c3)C2)cc1. The zero-order valence-corrected chi connectivity index (χ0v) is 15.7. The molecule has 1 N–H and O–H groups in total. The molecule has 138 valence electrons. The number of methoxy groups -OCH3 is 2. The minimum absolute atomic E-state index is 0.0173. The smallest absolute Gasteiger partial charge is 0.232 e. The van der Waals surface area contributed by atoms with E-state index < -0.39 is 16.1 Å². The van der Waals surface area contributed by atoms with Gasteiger partial charge in [-0.2, -0.15) is 0 Å². The highest BCUT2D eigenvalue weighted by atomic mass is 32.2. The van der Waals surface area contributed by atoms with Crippen molar-refractivity contribution in [2.75, 3.05) is 20.5 Å². The van der Waals surface area contributed by atoms with E-state index in [-0.39, 0.29) is 5.75 Å². The maximum absolute atomic E-state index is 12.3. The van der Waals surface area contributed by atoms with Gasteiger partial charge in [-0.05, 0) is 41.0 Å². The zero-order chi connectivity index (χ0) is 18.9. The number of aromatic hydroxyl groups is 1. The van der Waals surface area contributed by atoms with Gasteiger partial charge >= 0.3 is 0 Å². The molecule has 0 aromatic heterocycles. The number of rotatable bonds is 5. The Morgan fingerprint density at radius 2 is 1.77 bits per heavy atom. The summed E-state index contributed by atoms with van der Waals surface area (Å²) in [4.78, 5) is 0. The van der Waals surface area contributed by atoms with Crippen LogP contribution in [0, 0.1) is 0 Å². The molecule has 1 atom stereocenters. The third kappa shape index (κ3) is 3.48. The number of sulfonamides is 1. The number of ether oxygens (including phenoxy) is 2. The van der Waals surface area contributed by atoms with Gasteiger partial charge in [0, 0.05) is 12.6 Å². The molecule has 3 rings (SSSR count). The van der Waals surface area contributed by atoms with E-state index in [1.165, 1.54) is 17.7 Å². The fraction of sp³-hybridized carbons (Fsp3) is 0.263. The molecule has 7 heteroatoms. The zero-order valence-electron chi connectivity index (χ0n) is 14.8. The summed E-state index contributed by atoms with van der Waals surface area (Å²) in [7, 11) is -0.395. The van der Waals surface area contributed by atoms with Crippen LogP contribution >= 0.6 is 0 Å². The molecular formula is C19H21NO5S. The lowest BCUT2D eigenvalue weighted by Gasteiger charge is -2.24. The van der Waals surface area contributed by atoms with Crippen LogP contribution in [-0.4, -0.2) is 38.3 Å². The molecule has 26 heavy (non-hydrogen) atoms. The van der Waals surface area contributed by atoms with Gasteiger partial charge in [0.25, 0.3) is 0 Å². The number of hydrogen-bond donors (Lipinski definition) is 1. The van der Waals surface area contributed by atoms with Crippen molar-refractivity contribution in [3.8, 4) is 17.2 Å². The van der Waals surface area contributed by atoms with E-state index in [0.29, 0.717) is 17.7 Å². The molecule has 2 aromatic rings. The van der Waals surface area contributed by atoms with Crippen LogP contribution in [-0.2, 0) is 10.0 Å². The van der Waals surface area contributed by atoms with Gasteiger partial charge in [-0.15, -0.1) is 0 Å². The lowest BCUT2D eigenvalue weighted by Crippen LogP contribution is -2.26. The third-order valence-electron chi connectivity index (χ3n) is 4.43. The number of phenols is 1. The Balaban J connectivity index is 1.97. The Bertz CT molecular complexity index is 935. The van der Waals surface area contributed by atoms with Crippen LogP contribution in [0.4, 0.5) is 0 Å². The molecule has 0 saturated heterocycles. The Labute approximate surface area is 153 Å². The molecule has 6 nitrogen and oxygen atoms in total. The Hall–Kier alpha value is -2.67. The first-order valence-electron chi connectivity index (χ1n) is 8.04. The van der Waals surface area contributed by atoms with Crippen molar-refractivity contribution in [1.82, 2.24) is 4.31 Å². The van der Waals surface area contributed by atoms with Crippen molar-refractivity contribution in [3.05, 3.63) is 59.8 Å². The summed E-state index contributed by atoms with van der Waals surface area (Å²) in [5.41, 5.74) is 2.53. The molecule has 0 saturated carbocycles. The van der Waals surface area contributed by atoms with E-state index in [1.807, 2.05) is 24.3 Å². The molecule has 1 aliphatic rings. The molecule has 0 aliphatic carbocycles. The summed E-state index contributed by atoms with van der Waals surface area (Å²) in [5.74, 6) is 1.07. The minimum atomic E-state index is -3.46. The standard InChI is InChI=1S/C19H21NO5S/c1-24-16-7-4-13(5-8-16)15-10-17(20(12-15)26(3,22)23)14-6-9-19(25-2)18(21)11-14/h4-9,11-12,17,21H,10H2,1-3H3. The van der Waals surface area contributed by atoms with Gasteiger partial charge in [0.15, 0.2) is 11.5 Å². The van der Waals surface area contributed by atoms with Crippen molar-refractivity contribution >= 4 is 15.6 Å². The second-order valence-corrected chi connectivity index (χ2v) is 8.01. The van der Waals surface area contributed by atoms with Gasteiger partial charge in [0.05, 0.1) is 26.5 Å². The van der Waals surface area contributed by atoms with Crippen LogP contribution in [0.15, 0.2) is 48.7 Å². The Morgan fingerprint density at radius 3 is 2.31 bits per heavy atom. The average Bonchev–Trinajstić information content (AvgIpc) is 3.07. The Kier molecular flexibility index (Phi) is 4.82. The molecule has 1 aliphatic heterocycles. The van der Waals surface area contributed by atoms with Gasteiger partial charge in [-0.1, -0.05) is 18.2 Å². The first-order chi connectivity index (χ1) is 12.3. The van der Waals surface area contributed by atoms with Crippen molar-refractivity contribution < 1.29 is 23.0 Å². The largest absolute Gasteiger partial charge is 0.504 e. The normalized spacial score (nSPS) is 17.1. The summed E-state index contributed by atoms with van der Waals surface area (Å²) in [6, 6.07) is 12.0. The van der Waals surface area contributed by atoms with E-state index in [1.54, 1.807) is 31.5 Å². The summed E-state index contributed by atoms with van der Waals surface area (Å²) in [5, 5.41) is 10.1. The third-order valence-corrected chi connectivity index (χ3v) is 5.56. The summed E-state index contributed by atoms with van der Waals surface area (Å²) in [6.45, 7) is 0. The number of hydrogen-bond acceptors (Lipinski definition) is 5. The molecule has 0 radical (unpaired) electrons. The summed E-state index contributed by atoms with van der Waals surface area (Å²) >= 11 is 0. The minimum Gasteiger partial charge on any atom is -0.504 e. The number of benzene rings is 2. The molecule has 1 unspecified atom stereocenters. The molecule has 0 amide bonds. The summed E-state index contributed by atoms with van der Waals surface area (Å²) in [6.07, 6.45) is 3.34.